The van der Waals surface area contributed by atoms with Crippen molar-refractivity contribution in [2.45, 2.75) is 42.5 Å². The van der Waals surface area contributed by atoms with Crippen molar-refractivity contribution >= 4 is 20.2 Å². The molecule has 0 heterocycles. The first-order chi connectivity index (χ1) is 9.16. The Labute approximate surface area is 115 Å². The summed E-state index contributed by atoms with van der Waals surface area (Å²) in [6.07, 6.45) is -4.74. The fourth-order valence-electron chi connectivity index (χ4n) is 1.54. The molecule has 1 fully saturated rings. The molecule has 0 aromatic heterocycles. The van der Waals surface area contributed by atoms with Crippen molar-refractivity contribution in [1.29, 1.82) is 0 Å². The third-order valence-electron chi connectivity index (χ3n) is 2.43. The second-order valence-electron chi connectivity index (χ2n) is 4.05. The SMILES string of the molecule is O=S(=O)(OC1CCC(OS(=O)(=O)C(F)(F)F)C1)C(F)(F)F. The topological polar surface area (TPSA) is 86.7 Å². The molecule has 0 amide bonds. The van der Waals surface area contributed by atoms with Crippen LogP contribution in [0.1, 0.15) is 19.3 Å². The van der Waals surface area contributed by atoms with Crippen molar-refractivity contribution in [2.24, 2.45) is 0 Å². The molecule has 1 aliphatic rings. The first-order valence-electron chi connectivity index (χ1n) is 5.15. The van der Waals surface area contributed by atoms with Gasteiger partial charge in [-0.15, -0.1) is 0 Å². The molecule has 21 heavy (non-hydrogen) atoms. The molecule has 0 aliphatic heterocycles. The maximum atomic E-state index is 12.0. The van der Waals surface area contributed by atoms with E-state index in [1.165, 1.54) is 0 Å². The molecule has 2 atom stereocenters. The molecule has 1 aliphatic carbocycles. The Hall–Kier alpha value is -0.600. The Balaban J connectivity index is 2.67. The van der Waals surface area contributed by atoms with Crippen LogP contribution in [0.25, 0.3) is 0 Å². The van der Waals surface area contributed by atoms with E-state index in [1.54, 1.807) is 0 Å². The van der Waals surface area contributed by atoms with Crippen LogP contribution in [0, 0.1) is 0 Å². The third-order valence-corrected chi connectivity index (χ3v) is 4.61. The van der Waals surface area contributed by atoms with Gasteiger partial charge < -0.3 is 0 Å². The van der Waals surface area contributed by atoms with Gasteiger partial charge in [-0.05, 0) is 12.8 Å². The summed E-state index contributed by atoms with van der Waals surface area (Å²) < 4.78 is 122. The molecule has 0 saturated heterocycles. The number of hydrogen-bond acceptors (Lipinski definition) is 6. The Bertz CT molecular complexity index is 524. The molecule has 0 bridgehead atoms. The molecule has 0 spiro atoms. The minimum Gasteiger partial charge on any atom is -0.260 e. The highest BCUT2D eigenvalue weighted by Gasteiger charge is 2.51. The Morgan fingerprint density at radius 1 is 0.714 bits per heavy atom. The second kappa shape index (κ2) is 5.55. The van der Waals surface area contributed by atoms with Crippen LogP contribution < -0.4 is 0 Å². The first kappa shape index (κ1) is 18.4. The van der Waals surface area contributed by atoms with Crippen LogP contribution in [0.15, 0.2) is 0 Å². The number of hydrogen-bond donors (Lipinski definition) is 0. The van der Waals surface area contributed by atoms with E-state index in [4.69, 9.17) is 0 Å². The summed E-state index contributed by atoms with van der Waals surface area (Å²) in [6.45, 7) is 0. The molecule has 1 saturated carbocycles. The summed E-state index contributed by atoms with van der Waals surface area (Å²) in [5, 5.41) is 0. The predicted octanol–water partition coefficient (Wildman–Crippen LogP) is 1.64. The van der Waals surface area contributed by atoms with E-state index in [0.29, 0.717) is 0 Å². The summed E-state index contributed by atoms with van der Waals surface area (Å²) in [6, 6.07) is 0. The van der Waals surface area contributed by atoms with Gasteiger partial charge >= 0.3 is 31.3 Å². The summed E-state index contributed by atoms with van der Waals surface area (Å²) >= 11 is 0. The molecule has 0 aromatic rings. The minimum atomic E-state index is -5.90. The molecule has 126 valence electrons. The standard InChI is InChI=1S/C7H8F6O6S2/c8-6(9,10)20(14,15)18-4-1-2-5(3-4)19-21(16,17)7(11,12)13/h4-5H,1-3H2. The highest BCUT2D eigenvalue weighted by atomic mass is 32.2. The molecule has 0 aromatic carbocycles. The maximum absolute atomic E-state index is 12.0. The second-order valence-corrected chi connectivity index (χ2v) is 7.18. The number of rotatable bonds is 4. The maximum Gasteiger partial charge on any atom is 0.523 e. The van der Waals surface area contributed by atoms with Crippen LogP contribution >= 0.6 is 0 Å². The molecular formula is C7H8F6O6S2. The number of halogens is 6. The van der Waals surface area contributed by atoms with E-state index in [2.05, 4.69) is 8.37 Å². The Kier molecular flexibility index (Phi) is 4.88. The molecule has 6 nitrogen and oxygen atoms in total. The van der Waals surface area contributed by atoms with Gasteiger partial charge in [-0.3, -0.25) is 8.37 Å². The zero-order valence-electron chi connectivity index (χ0n) is 9.81. The van der Waals surface area contributed by atoms with E-state index in [9.17, 15) is 43.2 Å². The highest BCUT2D eigenvalue weighted by Crippen LogP contribution is 2.34. The molecule has 1 rings (SSSR count). The quantitative estimate of drug-likeness (QED) is 0.427. The Morgan fingerprint density at radius 3 is 1.24 bits per heavy atom. The van der Waals surface area contributed by atoms with Gasteiger partial charge in [0.15, 0.2) is 0 Å². The Morgan fingerprint density at radius 2 is 1.00 bits per heavy atom. The lowest BCUT2D eigenvalue weighted by molar-refractivity contribution is -0.0590. The molecule has 0 N–H and O–H groups in total. The molecular weight excluding hydrogens is 358 g/mol. The average molecular weight is 366 g/mol. The minimum absolute atomic E-state index is 0.395. The van der Waals surface area contributed by atoms with Gasteiger partial charge in [-0.2, -0.15) is 43.2 Å². The normalized spacial score (nSPS) is 25.2. The van der Waals surface area contributed by atoms with Gasteiger partial charge in [0.25, 0.3) is 0 Å². The van der Waals surface area contributed by atoms with Gasteiger partial charge in [0.2, 0.25) is 0 Å². The summed E-state index contributed by atoms with van der Waals surface area (Å²) in [4.78, 5) is 0. The molecule has 2 unspecified atom stereocenters. The van der Waals surface area contributed by atoms with Crippen molar-refractivity contribution in [3.05, 3.63) is 0 Å². The fraction of sp³-hybridized carbons (Fsp3) is 1.00. The smallest absolute Gasteiger partial charge is 0.260 e. The van der Waals surface area contributed by atoms with E-state index in [-0.39, 0.29) is 0 Å². The zero-order valence-corrected chi connectivity index (χ0v) is 11.4. The van der Waals surface area contributed by atoms with Crippen molar-refractivity contribution in [3.8, 4) is 0 Å². The van der Waals surface area contributed by atoms with Gasteiger partial charge in [0.1, 0.15) is 0 Å². The fourth-order valence-corrected chi connectivity index (χ4v) is 2.83. The van der Waals surface area contributed by atoms with Crippen LogP contribution in [0.3, 0.4) is 0 Å². The highest BCUT2D eigenvalue weighted by molar-refractivity contribution is 7.87. The van der Waals surface area contributed by atoms with E-state index in [0.717, 1.165) is 0 Å². The van der Waals surface area contributed by atoms with Gasteiger partial charge in [0.05, 0.1) is 12.2 Å². The van der Waals surface area contributed by atoms with E-state index in [1.807, 2.05) is 0 Å². The monoisotopic (exact) mass is 366 g/mol. The van der Waals surface area contributed by atoms with E-state index < -0.39 is 62.7 Å². The summed E-state index contributed by atoms with van der Waals surface area (Å²) in [5.41, 5.74) is -11.4. The van der Waals surface area contributed by atoms with Crippen LogP contribution in [-0.2, 0) is 28.6 Å². The average Bonchev–Trinajstić information content (AvgIpc) is 2.60. The lowest BCUT2D eigenvalue weighted by Gasteiger charge is -2.15. The zero-order chi connectivity index (χ0) is 16.7. The van der Waals surface area contributed by atoms with Gasteiger partial charge in [-0.25, -0.2) is 0 Å². The summed E-state index contributed by atoms with van der Waals surface area (Å²) in [7, 11) is -11.8. The predicted molar refractivity (Wildman–Crippen MR) is 53.5 cm³/mol. The largest absolute Gasteiger partial charge is 0.523 e. The third kappa shape index (κ3) is 4.43. The van der Waals surface area contributed by atoms with Crippen molar-refractivity contribution in [2.75, 3.05) is 0 Å². The van der Waals surface area contributed by atoms with Crippen molar-refractivity contribution in [3.63, 3.8) is 0 Å². The number of alkyl halides is 6. The van der Waals surface area contributed by atoms with Gasteiger partial charge in [-0.1, -0.05) is 0 Å². The summed E-state index contributed by atoms with van der Waals surface area (Å²) in [5.74, 6) is 0. The van der Waals surface area contributed by atoms with Crippen molar-refractivity contribution in [1.82, 2.24) is 0 Å². The van der Waals surface area contributed by atoms with Crippen LogP contribution in [0.2, 0.25) is 0 Å². The molecule has 0 radical (unpaired) electrons. The van der Waals surface area contributed by atoms with Crippen LogP contribution in [0.4, 0.5) is 26.3 Å². The lowest BCUT2D eigenvalue weighted by atomic mass is 10.3. The van der Waals surface area contributed by atoms with Crippen LogP contribution in [0.5, 0.6) is 0 Å². The van der Waals surface area contributed by atoms with Gasteiger partial charge in [0, 0.05) is 6.42 Å². The van der Waals surface area contributed by atoms with Crippen molar-refractivity contribution < 1.29 is 51.5 Å². The molecule has 14 heteroatoms. The first-order valence-corrected chi connectivity index (χ1v) is 7.96. The van der Waals surface area contributed by atoms with Crippen LogP contribution in [-0.4, -0.2) is 40.1 Å². The lowest BCUT2D eigenvalue weighted by Crippen LogP contribution is -2.31. The van der Waals surface area contributed by atoms with E-state index >= 15 is 0 Å².